The van der Waals surface area contributed by atoms with Crippen LogP contribution in [0.2, 0.25) is 0 Å². The molecule has 0 spiro atoms. The van der Waals surface area contributed by atoms with Gasteiger partial charge in [0.2, 0.25) is 0 Å². The van der Waals surface area contributed by atoms with Crippen molar-refractivity contribution in [3.05, 3.63) is 79.7 Å². The van der Waals surface area contributed by atoms with E-state index in [1.807, 2.05) is 0 Å². The van der Waals surface area contributed by atoms with Gasteiger partial charge in [0.05, 0.1) is 0 Å². The summed E-state index contributed by atoms with van der Waals surface area (Å²) in [4.78, 5) is 0. The van der Waals surface area contributed by atoms with Gasteiger partial charge < -0.3 is 0 Å². The lowest BCUT2D eigenvalue weighted by molar-refractivity contribution is 1.15. The highest BCUT2D eigenvalue weighted by molar-refractivity contribution is 9.11. The van der Waals surface area contributed by atoms with Gasteiger partial charge in [0.1, 0.15) is 0 Å². The summed E-state index contributed by atoms with van der Waals surface area (Å²) < 4.78 is 2.43. The summed E-state index contributed by atoms with van der Waals surface area (Å²) in [6, 6.07) is 18.1. The molecule has 2 heteroatoms. The van der Waals surface area contributed by atoms with Crippen LogP contribution in [0.3, 0.4) is 0 Å². The second kappa shape index (κ2) is 4.50. The maximum absolute atomic E-state index is 3.81. The van der Waals surface area contributed by atoms with Gasteiger partial charge in [-0.15, -0.1) is 0 Å². The molecule has 0 saturated carbocycles. The van der Waals surface area contributed by atoms with Crippen LogP contribution in [0.25, 0.3) is 32.7 Å². The average Bonchev–Trinajstić information content (AvgIpc) is 2.59. The molecule has 114 valence electrons. The van der Waals surface area contributed by atoms with E-state index in [0.717, 1.165) is 12.8 Å². The molecular weight excluding hydrogens is 424 g/mol. The van der Waals surface area contributed by atoms with Crippen molar-refractivity contribution in [3.8, 4) is 11.1 Å². The highest BCUT2D eigenvalue weighted by atomic mass is 79.9. The Labute approximate surface area is 156 Å². The molecule has 0 nitrogen and oxygen atoms in total. The first-order valence-corrected chi connectivity index (χ1v) is 9.77. The third-order valence-corrected chi connectivity index (χ3v) is 6.88. The van der Waals surface area contributed by atoms with Gasteiger partial charge in [-0.3, -0.25) is 0 Å². The third kappa shape index (κ3) is 1.54. The minimum Gasteiger partial charge on any atom is -0.0613 e. The van der Waals surface area contributed by atoms with Crippen LogP contribution in [0.4, 0.5) is 0 Å². The van der Waals surface area contributed by atoms with Crippen molar-refractivity contribution in [2.45, 2.75) is 12.8 Å². The molecule has 6 rings (SSSR count). The minimum absolute atomic E-state index is 1.01. The first kappa shape index (κ1) is 13.6. The Bertz CT molecular complexity index is 1120. The number of hydrogen-bond donors (Lipinski definition) is 0. The second-order valence-electron chi connectivity index (χ2n) is 6.82. The normalized spacial score (nSPS) is 13.9. The van der Waals surface area contributed by atoms with Crippen LogP contribution in [-0.4, -0.2) is 0 Å². The third-order valence-electron chi connectivity index (χ3n) is 5.57. The fourth-order valence-corrected chi connectivity index (χ4v) is 5.88. The van der Waals surface area contributed by atoms with Crippen LogP contribution in [0.5, 0.6) is 0 Å². The largest absolute Gasteiger partial charge is 0.0613 e. The fraction of sp³-hybridized carbons (Fsp3) is 0.0909. The number of halogens is 2. The molecule has 0 aliphatic heterocycles. The lowest BCUT2D eigenvalue weighted by atomic mass is 9.74. The number of benzene rings is 4. The lowest BCUT2D eigenvalue weighted by Crippen LogP contribution is -2.10. The van der Waals surface area contributed by atoms with Gasteiger partial charge in [-0.1, -0.05) is 68.3 Å². The van der Waals surface area contributed by atoms with Crippen molar-refractivity contribution < 1.29 is 0 Å². The van der Waals surface area contributed by atoms with Crippen molar-refractivity contribution in [2.24, 2.45) is 0 Å². The topological polar surface area (TPSA) is 0 Å². The minimum atomic E-state index is 1.01. The summed E-state index contributed by atoms with van der Waals surface area (Å²) >= 11 is 7.62. The first-order valence-electron chi connectivity index (χ1n) is 8.18. The van der Waals surface area contributed by atoms with Gasteiger partial charge >= 0.3 is 0 Å². The van der Waals surface area contributed by atoms with Gasteiger partial charge in [-0.25, -0.2) is 0 Å². The Balaban J connectivity index is 1.95. The molecular formula is C22H12Br2. The smallest absolute Gasteiger partial charge is 0.0257 e. The fourth-order valence-electron chi connectivity index (χ4n) is 4.67. The Kier molecular flexibility index (Phi) is 2.56. The van der Waals surface area contributed by atoms with E-state index in [2.05, 4.69) is 80.4 Å². The van der Waals surface area contributed by atoms with E-state index in [4.69, 9.17) is 0 Å². The highest BCUT2D eigenvalue weighted by Crippen LogP contribution is 2.51. The van der Waals surface area contributed by atoms with Crippen LogP contribution >= 0.6 is 31.9 Å². The Morgan fingerprint density at radius 3 is 1.50 bits per heavy atom. The van der Waals surface area contributed by atoms with E-state index < -0.39 is 0 Å². The van der Waals surface area contributed by atoms with Crippen LogP contribution in [0, 0.1) is 0 Å². The molecule has 0 aromatic heterocycles. The second-order valence-corrected chi connectivity index (χ2v) is 8.53. The van der Waals surface area contributed by atoms with Crippen molar-refractivity contribution in [2.75, 3.05) is 0 Å². The van der Waals surface area contributed by atoms with E-state index >= 15 is 0 Å². The van der Waals surface area contributed by atoms with E-state index in [9.17, 15) is 0 Å². The molecule has 0 bridgehead atoms. The average molecular weight is 436 g/mol. The molecule has 2 aliphatic carbocycles. The van der Waals surface area contributed by atoms with Crippen LogP contribution in [0.1, 0.15) is 22.3 Å². The first-order chi connectivity index (χ1) is 11.7. The van der Waals surface area contributed by atoms with Crippen LogP contribution in [-0.2, 0) is 12.8 Å². The summed E-state index contributed by atoms with van der Waals surface area (Å²) in [5.41, 5.74) is 8.74. The summed E-state index contributed by atoms with van der Waals surface area (Å²) in [6.45, 7) is 0. The van der Waals surface area contributed by atoms with E-state index in [0.29, 0.717) is 0 Å². The molecule has 24 heavy (non-hydrogen) atoms. The van der Waals surface area contributed by atoms with Gasteiger partial charge in [0, 0.05) is 8.95 Å². The van der Waals surface area contributed by atoms with E-state index in [1.54, 1.807) is 0 Å². The monoisotopic (exact) mass is 434 g/mol. The predicted molar refractivity (Wildman–Crippen MR) is 108 cm³/mol. The number of hydrogen-bond acceptors (Lipinski definition) is 0. The molecule has 0 radical (unpaired) electrons. The molecule has 0 N–H and O–H groups in total. The molecule has 2 aliphatic rings. The predicted octanol–water partition coefficient (Wildman–Crippen LogP) is 6.99. The Hall–Kier alpha value is -1.64. The SMILES string of the molecule is Brc1cc2c3c4c(cccc14)Cc1cc(Br)c4cccc(c4c1-3)C2. The molecule has 4 aromatic carbocycles. The van der Waals surface area contributed by atoms with E-state index in [1.165, 1.54) is 63.9 Å². The summed E-state index contributed by atoms with van der Waals surface area (Å²) in [5, 5.41) is 5.58. The zero-order valence-corrected chi connectivity index (χ0v) is 16.0. The molecule has 0 unspecified atom stereocenters. The van der Waals surface area contributed by atoms with Gasteiger partial charge in [0.15, 0.2) is 0 Å². The van der Waals surface area contributed by atoms with Gasteiger partial charge in [-0.2, -0.15) is 0 Å². The maximum atomic E-state index is 3.81. The Morgan fingerprint density at radius 2 is 1.04 bits per heavy atom. The summed E-state index contributed by atoms with van der Waals surface area (Å²) in [5.74, 6) is 0. The van der Waals surface area contributed by atoms with Gasteiger partial charge in [0.25, 0.3) is 0 Å². The number of rotatable bonds is 0. The van der Waals surface area contributed by atoms with Gasteiger partial charge in [-0.05, 0) is 79.9 Å². The molecule has 0 amide bonds. The highest BCUT2D eigenvalue weighted by Gasteiger charge is 2.29. The molecule has 0 heterocycles. The van der Waals surface area contributed by atoms with Crippen molar-refractivity contribution >= 4 is 53.4 Å². The summed E-state index contributed by atoms with van der Waals surface area (Å²) in [6.07, 6.45) is 2.02. The zero-order valence-electron chi connectivity index (χ0n) is 12.8. The van der Waals surface area contributed by atoms with Crippen molar-refractivity contribution in [1.29, 1.82) is 0 Å². The standard InChI is InChI=1S/C22H12Br2/c23-17-9-14-8-12-4-2-6-16-18(24)10-13-7-11-3-1-5-15(17)19(11)21(14)22(13)20(12)16/h1-6,9-10H,7-8H2. The molecule has 4 aromatic rings. The quantitative estimate of drug-likeness (QED) is 0.241. The molecule has 0 fully saturated rings. The molecule has 0 atom stereocenters. The lowest BCUT2D eigenvalue weighted by Gasteiger charge is -2.30. The van der Waals surface area contributed by atoms with E-state index in [-0.39, 0.29) is 0 Å². The van der Waals surface area contributed by atoms with Crippen LogP contribution in [0.15, 0.2) is 57.5 Å². The molecule has 0 saturated heterocycles. The van der Waals surface area contributed by atoms with Crippen molar-refractivity contribution in [1.82, 2.24) is 0 Å². The van der Waals surface area contributed by atoms with Crippen LogP contribution < -0.4 is 0 Å². The summed E-state index contributed by atoms with van der Waals surface area (Å²) in [7, 11) is 0. The maximum Gasteiger partial charge on any atom is 0.0257 e. The Morgan fingerprint density at radius 1 is 0.583 bits per heavy atom. The zero-order chi connectivity index (χ0) is 16.0. The van der Waals surface area contributed by atoms with Crippen molar-refractivity contribution in [3.63, 3.8) is 0 Å².